The molecule has 0 spiro atoms. The number of hydrogen-bond acceptors (Lipinski definition) is 3. The normalized spacial score (nSPS) is 18.4. The van der Waals surface area contributed by atoms with Crippen LogP contribution in [0.1, 0.15) is 31.4 Å². The van der Waals surface area contributed by atoms with Crippen molar-refractivity contribution in [1.82, 2.24) is 9.88 Å². The first-order valence-electron chi connectivity index (χ1n) is 8.30. The minimum absolute atomic E-state index is 0.0841. The second-order valence-electron chi connectivity index (χ2n) is 5.97. The van der Waals surface area contributed by atoms with Gasteiger partial charge in [0.1, 0.15) is 0 Å². The molecule has 0 bridgehead atoms. The van der Waals surface area contributed by atoms with Crippen LogP contribution in [0.5, 0.6) is 5.75 Å². The van der Waals surface area contributed by atoms with Gasteiger partial charge in [-0.1, -0.05) is 25.1 Å². The Hall–Kier alpha value is -2.43. The average molecular weight is 328 g/mol. The summed E-state index contributed by atoms with van der Waals surface area (Å²) in [6.45, 7) is 3.18. The van der Waals surface area contributed by atoms with Gasteiger partial charge in [0.05, 0.1) is 0 Å². The van der Waals surface area contributed by atoms with E-state index >= 15 is 0 Å². The molecule has 0 saturated carbocycles. The van der Waals surface area contributed by atoms with E-state index in [2.05, 4.69) is 4.98 Å². The molecule has 2 heterocycles. The zero-order chi connectivity index (χ0) is 16.9. The largest absolute Gasteiger partial charge is 0.478 e. The summed E-state index contributed by atoms with van der Waals surface area (Å²) in [6, 6.07) is 12.0. The van der Waals surface area contributed by atoms with Crippen LogP contribution in [-0.2, 0) is 4.79 Å². The number of aromatic nitrogens is 1. The maximum Gasteiger partial charge on any atom is 0.263 e. The highest BCUT2D eigenvalue weighted by Gasteiger charge is 2.32. The van der Waals surface area contributed by atoms with Gasteiger partial charge < -0.3 is 9.64 Å². The van der Waals surface area contributed by atoms with Crippen LogP contribution < -0.4 is 4.74 Å². The molecule has 2 unspecified atom stereocenters. The molecular weight excluding hydrogens is 307 g/mol. The summed E-state index contributed by atoms with van der Waals surface area (Å²) in [6.07, 6.45) is 2.50. The Morgan fingerprint density at radius 3 is 2.83 bits per heavy atom. The lowest BCUT2D eigenvalue weighted by Gasteiger charge is -2.23. The van der Waals surface area contributed by atoms with Crippen LogP contribution in [0.15, 0.2) is 48.7 Å². The predicted octanol–water partition coefficient (Wildman–Crippen LogP) is 3.39. The Labute approximate surface area is 141 Å². The van der Waals surface area contributed by atoms with Crippen LogP contribution >= 0.6 is 0 Å². The molecule has 1 amide bonds. The third kappa shape index (κ3) is 3.55. The monoisotopic (exact) mass is 328 g/mol. The first-order valence-corrected chi connectivity index (χ1v) is 8.30. The smallest absolute Gasteiger partial charge is 0.263 e. The third-order valence-corrected chi connectivity index (χ3v) is 4.36. The summed E-state index contributed by atoms with van der Waals surface area (Å²) in [5.74, 6) is -0.157. The number of para-hydroxylation sites is 1. The highest BCUT2D eigenvalue weighted by molar-refractivity contribution is 5.81. The number of carbonyl (C=O) groups excluding carboxylic acids is 1. The van der Waals surface area contributed by atoms with Crippen molar-refractivity contribution in [2.45, 2.75) is 31.8 Å². The molecule has 0 aliphatic carbocycles. The van der Waals surface area contributed by atoms with E-state index in [0.717, 1.165) is 12.1 Å². The van der Waals surface area contributed by atoms with Gasteiger partial charge in [-0.15, -0.1) is 0 Å². The van der Waals surface area contributed by atoms with Crippen LogP contribution in [0.4, 0.5) is 4.39 Å². The number of carbonyl (C=O) groups is 1. The Balaban J connectivity index is 1.66. The number of rotatable bonds is 5. The topological polar surface area (TPSA) is 42.4 Å². The van der Waals surface area contributed by atoms with Crippen molar-refractivity contribution in [3.05, 3.63) is 60.2 Å². The first-order chi connectivity index (χ1) is 11.7. The van der Waals surface area contributed by atoms with Crippen LogP contribution in [0.25, 0.3) is 0 Å². The summed E-state index contributed by atoms with van der Waals surface area (Å²) in [5, 5.41) is 0. The minimum atomic E-state index is -0.663. The summed E-state index contributed by atoms with van der Waals surface area (Å²) in [5.41, 5.74) is 1.01. The number of halogens is 1. The van der Waals surface area contributed by atoms with Crippen molar-refractivity contribution in [2.24, 2.45) is 0 Å². The van der Waals surface area contributed by atoms with Crippen molar-refractivity contribution in [3.63, 3.8) is 0 Å². The van der Waals surface area contributed by atoms with E-state index in [4.69, 9.17) is 4.74 Å². The summed E-state index contributed by atoms with van der Waals surface area (Å²) < 4.78 is 19.4. The molecule has 2 aromatic rings. The van der Waals surface area contributed by atoms with Crippen LogP contribution in [0, 0.1) is 5.82 Å². The predicted molar refractivity (Wildman–Crippen MR) is 89.3 cm³/mol. The third-order valence-electron chi connectivity index (χ3n) is 4.36. The average Bonchev–Trinajstić information content (AvgIpc) is 3.11. The van der Waals surface area contributed by atoms with Gasteiger partial charge in [-0.3, -0.25) is 9.78 Å². The van der Waals surface area contributed by atoms with E-state index in [0.29, 0.717) is 19.5 Å². The molecular formula is C19H21FN2O2. The molecule has 0 N–H and O–H groups in total. The molecule has 5 heteroatoms. The van der Waals surface area contributed by atoms with E-state index < -0.39 is 11.9 Å². The van der Waals surface area contributed by atoms with E-state index in [1.54, 1.807) is 29.3 Å². The highest BCUT2D eigenvalue weighted by Crippen LogP contribution is 2.27. The molecule has 126 valence electrons. The maximum atomic E-state index is 13.8. The number of ether oxygens (including phenoxy) is 1. The number of nitrogens with zero attached hydrogens (tertiary/aromatic N) is 2. The van der Waals surface area contributed by atoms with Crippen LogP contribution in [0.3, 0.4) is 0 Å². The van der Waals surface area contributed by atoms with Crippen molar-refractivity contribution in [2.75, 3.05) is 13.1 Å². The molecule has 1 aliphatic rings. The van der Waals surface area contributed by atoms with E-state index in [1.807, 2.05) is 25.1 Å². The van der Waals surface area contributed by atoms with Crippen molar-refractivity contribution in [1.29, 1.82) is 0 Å². The lowest BCUT2D eigenvalue weighted by atomic mass is 10.0. The number of amides is 1. The second-order valence-corrected chi connectivity index (χ2v) is 5.97. The molecule has 1 aromatic carbocycles. The summed E-state index contributed by atoms with van der Waals surface area (Å²) >= 11 is 0. The molecule has 1 saturated heterocycles. The molecule has 1 aliphatic heterocycles. The summed E-state index contributed by atoms with van der Waals surface area (Å²) in [4.78, 5) is 18.9. The Kier molecular flexibility index (Phi) is 5.08. The maximum absolute atomic E-state index is 13.8. The van der Waals surface area contributed by atoms with Gasteiger partial charge in [-0.2, -0.15) is 0 Å². The quantitative estimate of drug-likeness (QED) is 0.845. The second kappa shape index (κ2) is 7.43. The molecule has 3 rings (SSSR count). The zero-order valence-corrected chi connectivity index (χ0v) is 13.7. The fourth-order valence-electron chi connectivity index (χ4n) is 3.02. The molecule has 1 fully saturated rings. The minimum Gasteiger partial charge on any atom is -0.478 e. The van der Waals surface area contributed by atoms with E-state index in [9.17, 15) is 9.18 Å². The van der Waals surface area contributed by atoms with Crippen molar-refractivity contribution >= 4 is 5.91 Å². The zero-order valence-electron chi connectivity index (χ0n) is 13.7. The molecule has 0 radical (unpaired) electrons. The standard InChI is InChI=1S/C19H21FN2O2/c1-2-17(24-18-9-4-3-7-15(18)20)19(23)22-12-10-14(13-22)16-8-5-6-11-21-16/h3-9,11,14,17H,2,10,12-13H2,1H3. The lowest BCUT2D eigenvalue weighted by molar-refractivity contribution is -0.137. The Morgan fingerprint density at radius 1 is 1.33 bits per heavy atom. The Bertz CT molecular complexity index is 693. The van der Waals surface area contributed by atoms with E-state index in [1.165, 1.54) is 6.07 Å². The molecule has 1 aromatic heterocycles. The van der Waals surface area contributed by atoms with Crippen LogP contribution in [0.2, 0.25) is 0 Å². The van der Waals surface area contributed by atoms with Gasteiger partial charge in [0.15, 0.2) is 17.7 Å². The van der Waals surface area contributed by atoms with Gasteiger partial charge in [0.25, 0.3) is 5.91 Å². The van der Waals surface area contributed by atoms with Crippen molar-refractivity contribution in [3.8, 4) is 5.75 Å². The van der Waals surface area contributed by atoms with E-state index in [-0.39, 0.29) is 17.6 Å². The molecule has 4 nitrogen and oxygen atoms in total. The van der Waals surface area contributed by atoms with Gasteiger partial charge in [0.2, 0.25) is 0 Å². The molecule has 24 heavy (non-hydrogen) atoms. The van der Waals surface area contributed by atoms with Gasteiger partial charge in [-0.25, -0.2) is 4.39 Å². The fourth-order valence-corrected chi connectivity index (χ4v) is 3.02. The highest BCUT2D eigenvalue weighted by atomic mass is 19.1. The number of pyridine rings is 1. The number of hydrogen-bond donors (Lipinski definition) is 0. The summed E-state index contributed by atoms with van der Waals surface area (Å²) in [7, 11) is 0. The van der Waals surface area contributed by atoms with Crippen molar-refractivity contribution < 1.29 is 13.9 Å². The SMILES string of the molecule is CCC(Oc1ccccc1F)C(=O)N1CCC(c2ccccn2)C1. The number of benzene rings is 1. The first kappa shape index (κ1) is 16.4. The Morgan fingerprint density at radius 2 is 2.12 bits per heavy atom. The van der Waals surface area contributed by atoms with Crippen LogP contribution in [-0.4, -0.2) is 35.0 Å². The number of likely N-dealkylation sites (tertiary alicyclic amines) is 1. The van der Waals surface area contributed by atoms with Gasteiger partial charge >= 0.3 is 0 Å². The van der Waals surface area contributed by atoms with Gasteiger partial charge in [-0.05, 0) is 37.1 Å². The fraction of sp³-hybridized carbons (Fsp3) is 0.368. The van der Waals surface area contributed by atoms with Gasteiger partial charge in [0, 0.05) is 30.9 Å². The lowest BCUT2D eigenvalue weighted by Crippen LogP contribution is -2.40. The molecule has 2 atom stereocenters.